The molecule has 0 aliphatic carbocycles. The van der Waals surface area contributed by atoms with Gasteiger partial charge in [0.1, 0.15) is 0 Å². The summed E-state index contributed by atoms with van der Waals surface area (Å²) in [5.41, 5.74) is 14.6. The van der Waals surface area contributed by atoms with Gasteiger partial charge in [0.15, 0.2) is 0 Å². The first-order valence-electron chi connectivity index (χ1n) is 35.6. The number of hydrogen-bond acceptors (Lipinski definition) is 0. The molecule has 0 saturated heterocycles. The minimum atomic E-state index is 1.16. The Bertz CT molecular complexity index is 6550. The summed E-state index contributed by atoms with van der Waals surface area (Å²) in [7, 11) is 0. The minimum Gasteiger partial charge on any atom is -0.0616 e. The lowest BCUT2D eigenvalue weighted by molar-refractivity contribution is 1.63. The molecule has 102 heavy (non-hydrogen) atoms. The summed E-state index contributed by atoms with van der Waals surface area (Å²) in [5, 5.41) is 37.1. The van der Waals surface area contributed by atoms with Gasteiger partial charge in [0.05, 0.1) is 0 Å². The molecule has 0 saturated carbocycles. The van der Waals surface area contributed by atoms with Gasteiger partial charge >= 0.3 is 0 Å². The highest BCUT2D eigenvalue weighted by Crippen LogP contribution is 2.53. The van der Waals surface area contributed by atoms with E-state index in [4.69, 9.17) is 0 Å². The standard InChI is InChI=1S/C102H60/c1-4-28-73-61(22-1)46-49-67-58-94-64(55-91(67)73)25-19-43-88(94)100-82-37-13-7-31-76(82)97(77-32-8-14-38-83(77)100)70-52-71(98-78-33-9-15-39-84(78)101(85-40-16-10-34-79(85)98)89-44-20-26-65-56-92-68(59-95(65)89)50-47-62-23-2-5-29-74(62)92)54-72(53-70)99-80-35-11-17-41-86(80)102(87-42-18-12-36-81(87)99)90-45-21-27-66-57-93-69(60-96(66)90)51-48-63-24-3-6-30-75(63)93/h1-60H. The van der Waals surface area contributed by atoms with Gasteiger partial charge in [-0.25, -0.2) is 0 Å². The molecule has 0 aromatic heterocycles. The van der Waals surface area contributed by atoms with Crippen molar-refractivity contribution >= 4 is 162 Å². The second-order valence-corrected chi connectivity index (χ2v) is 28.0. The summed E-state index contributed by atoms with van der Waals surface area (Å²) >= 11 is 0. The van der Waals surface area contributed by atoms with Crippen LogP contribution in [0.3, 0.4) is 0 Å². The zero-order valence-corrected chi connectivity index (χ0v) is 55.6. The lowest BCUT2D eigenvalue weighted by Gasteiger charge is -2.23. The fourth-order valence-corrected chi connectivity index (χ4v) is 18.2. The summed E-state index contributed by atoms with van der Waals surface area (Å²) in [5.74, 6) is 0. The Morgan fingerprint density at radius 3 is 0.520 bits per heavy atom. The van der Waals surface area contributed by atoms with Gasteiger partial charge in [-0.3, -0.25) is 0 Å². The van der Waals surface area contributed by atoms with E-state index in [9.17, 15) is 0 Å². The zero-order chi connectivity index (χ0) is 66.7. The fraction of sp³-hybridized carbons (Fsp3) is 0. The first-order valence-corrected chi connectivity index (χ1v) is 35.6. The van der Waals surface area contributed by atoms with Crippen molar-refractivity contribution in [3.8, 4) is 66.8 Å². The molecule has 0 aliphatic rings. The maximum absolute atomic E-state index is 2.54. The Kier molecular flexibility index (Phi) is 12.3. The van der Waals surface area contributed by atoms with Crippen LogP contribution in [0.1, 0.15) is 0 Å². The van der Waals surface area contributed by atoms with E-state index in [2.05, 4.69) is 364 Å². The third kappa shape index (κ3) is 8.45. The maximum atomic E-state index is 2.54. The minimum absolute atomic E-state index is 1.16. The van der Waals surface area contributed by atoms with E-state index >= 15 is 0 Å². The summed E-state index contributed by atoms with van der Waals surface area (Å²) in [6.45, 7) is 0. The molecule has 0 N–H and O–H groups in total. The average Bonchev–Trinajstić information content (AvgIpc) is 0.718. The van der Waals surface area contributed by atoms with Gasteiger partial charge < -0.3 is 0 Å². The van der Waals surface area contributed by atoms with Gasteiger partial charge in [0.25, 0.3) is 0 Å². The predicted molar refractivity (Wildman–Crippen MR) is 442 cm³/mol. The average molecular weight is 1290 g/mol. The summed E-state index contributed by atoms with van der Waals surface area (Å²) < 4.78 is 0. The highest BCUT2D eigenvalue weighted by molar-refractivity contribution is 6.30. The lowest BCUT2D eigenvalue weighted by Crippen LogP contribution is -1.96. The second kappa shape index (κ2) is 22.1. The fourth-order valence-electron chi connectivity index (χ4n) is 18.2. The highest BCUT2D eigenvalue weighted by Gasteiger charge is 2.26. The second-order valence-electron chi connectivity index (χ2n) is 28.0. The Morgan fingerprint density at radius 2 is 0.275 bits per heavy atom. The molecule has 22 aromatic rings. The van der Waals surface area contributed by atoms with Gasteiger partial charge in [-0.2, -0.15) is 0 Å². The van der Waals surface area contributed by atoms with E-state index in [0.717, 1.165) is 16.7 Å². The molecule has 22 rings (SSSR count). The quantitative estimate of drug-likeness (QED) is 0.115. The van der Waals surface area contributed by atoms with E-state index in [1.54, 1.807) is 0 Å². The Balaban J connectivity index is 0.835. The predicted octanol–water partition coefficient (Wildman–Crippen LogP) is 29.0. The molecule has 0 amide bonds. The Morgan fingerprint density at radius 1 is 0.0980 bits per heavy atom. The van der Waals surface area contributed by atoms with Crippen LogP contribution < -0.4 is 0 Å². The first-order chi connectivity index (χ1) is 50.6. The molecule has 22 aromatic carbocycles. The van der Waals surface area contributed by atoms with Gasteiger partial charge in [-0.05, 0) is 283 Å². The van der Waals surface area contributed by atoms with E-state index in [-0.39, 0.29) is 0 Å². The van der Waals surface area contributed by atoms with Gasteiger partial charge in [0.2, 0.25) is 0 Å². The molecule has 0 atom stereocenters. The molecule has 0 fully saturated rings. The van der Waals surface area contributed by atoms with Crippen molar-refractivity contribution in [2.75, 3.05) is 0 Å². The van der Waals surface area contributed by atoms with E-state index in [1.165, 1.54) is 212 Å². The molecule has 0 heteroatoms. The van der Waals surface area contributed by atoms with Crippen LogP contribution in [0.4, 0.5) is 0 Å². The molecule has 0 bridgehead atoms. The monoisotopic (exact) mass is 1280 g/mol. The van der Waals surface area contributed by atoms with E-state index in [0.29, 0.717) is 0 Å². The lowest BCUT2D eigenvalue weighted by atomic mass is 9.80. The number of benzene rings is 22. The zero-order valence-electron chi connectivity index (χ0n) is 55.6. The number of fused-ring (bicyclic) bond motifs is 18. The maximum Gasteiger partial charge on any atom is -0.00201 e. The number of rotatable bonds is 6. The van der Waals surface area contributed by atoms with Crippen molar-refractivity contribution in [2.45, 2.75) is 0 Å². The molecule has 0 aliphatic heterocycles. The Labute approximate surface area is 588 Å². The molecule has 0 unspecified atom stereocenters. The molecular formula is C102H60. The van der Waals surface area contributed by atoms with E-state index < -0.39 is 0 Å². The van der Waals surface area contributed by atoms with Crippen molar-refractivity contribution in [1.82, 2.24) is 0 Å². The van der Waals surface area contributed by atoms with Gasteiger partial charge in [-0.1, -0.05) is 309 Å². The van der Waals surface area contributed by atoms with Crippen LogP contribution in [0.15, 0.2) is 364 Å². The molecule has 0 radical (unpaired) electrons. The smallest absolute Gasteiger partial charge is 0.00201 e. The van der Waals surface area contributed by atoms with Crippen LogP contribution in [0.25, 0.3) is 228 Å². The molecule has 0 heterocycles. The molecular weight excluding hydrogens is 1230 g/mol. The van der Waals surface area contributed by atoms with Gasteiger partial charge in [0, 0.05) is 0 Å². The largest absolute Gasteiger partial charge is 0.0616 e. The van der Waals surface area contributed by atoms with Crippen molar-refractivity contribution in [2.24, 2.45) is 0 Å². The van der Waals surface area contributed by atoms with Crippen LogP contribution >= 0.6 is 0 Å². The van der Waals surface area contributed by atoms with Crippen LogP contribution in [0, 0.1) is 0 Å². The number of hydrogen-bond donors (Lipinski definition) is 0. The van der Waals surface area contributed by atoms with E-state index in [1.807, 2.05) is 0 Å². The first kappa shape index (κ1) is 56.7. The molecule has 0 nitrogen and oxygen atoms in total. The summed E-state index contributed by atoms with van der Waals surface area (Å²) in [6, 6.07) is 138. The normalized spacial score (nSPS) is 12.1. The van der Waals surface area contributed by atoms with Gasteiger partial charge in [-0.15, -0.1) is 0 Å². The Hall–Kier alpha value is -13.3. The summed E-state index contributed by atoms with van der Waals surface area (Å²) in [4.78, 5) is 0. The van der Waals surface area contributed by atoms with Crippen LogP contribution in [-0.4, -0.2) is 0 Å². The SMILES string of the molecule is c1cc(-c2c3ccccc3c(-c3cc(-c4c5ccccc5c(-c5cccc6cc7c(ccc8ccccc87)cc56)c5ccccc45)cc(-c4c5ccccc5c(-c5cccc6cc7c(ccc8ccccc87)cc56)c5ccccc45)c3)c3ccccc23)c2cc3ccc4ccccc4c3cc2c1. The van der Waals surface area contributed by atoms with Crippen molar-refractivity contribution in [3.05, 3.63) is 364 Å². The van der Waals surface area contributed by atoms with Crippen LogP contribution in [-0.2, 0) is 0 Å². The third-order valence-electron chi connectivity index (χ3n) is 22.6. The van der Waals surface area contributed by atoms with Crippen molar-refractivity contribution in [3.63, 3.8) is 0 Å². The third-order valence-corrected chi connectivity index (χ3v) is 22.6. The summed E-state index contributed by atoms with van der Waals surface area (Å²) in [6.07, 6.45) is 0. The van der Waals surface area contributed by atoms with Crippen molar-refractivity contribution in [1.29, 1.82) is 0 Å². The van der Waals surface area contributed by atoms with Crippen LogP contribution in [0.2, 0.25) is 0 Å². The van der Waals surface area contributed by atoms with Crippen molar-refractivity contribution < 1.29 is 0 Å². The molecule has 0 spiro atoms. The van der Waals surface area contributed by atoms with Crippen LogP contribution in [0.5, 0.6) is 0 Å². The highest BCUT2D eigenvalue weighted by atomic mass is 14.3. The molecule has 468 valence electrons. The topological polar surface area (TPSA) is 0 Å².